The Hall–Kier alpha value is -2.27. The second-order valence-corrected chi connectivity index (χ2v) is 10.1. The third-order valence-corrected chi connectivity index (χ3v) is 7.04. The molecular weight excluding hydrogens is 460 g/mol. The van der Waals surface area contributed by atoms with Crippen molar-refractivity contribution in [2.45, 2.75) is 39.4 Å². The summed E-state index contributed by atoms with van der Waals surface area (Å²) in [5.41, 5.74) is 1.68. The molecule has 0 radical (unpaired) electrons. The van der Waals surface area contributed by atoms with Gasteiger partial charge in [0.05, 0.1) is 22.7 Å². The van der Waals surface area contributed by atoms with E-state index in [1.807, 2.05) is 32.9 Å². The highest BCUT2D eigenvalue weighted by Gasteiger charge is 2.33. The van der Waals surface area contributed by atoms with Crippen LogP contribution >= 0.6 is 24.0 Å². The van der Waals surface area contributed by atoms with Crippen molar-refractivity contribution in [1.82, 2.24) is 14.3 Å². The minimum atomic E-state index is -0.213. The van der Waals surface area contributed by atoms with Crippen molar-refractivity contribution >= 4 is 51.7 Å². The van der Waals surface area contributed by atoms with Crippen LogP contribution in [0.15, 0.2) is 28.0 Å². The molecule has 2 fully saturated rings. The van der Waals surface area contributed by atoms with Gasteiger partial charge in [0.1, 0.15) is 15.8 Å². The van der Waals surface area contributed by atoms with Crippen LogP contribution in [0.1, 0.15) is 31.4 Å². The van der Waals surface area contributed by atoms with Gasteiger partial charge in [-0.05, 0) is 44.9 Å². The van der Waals surface area contributed by atoms with E-state index in [2.05, 4.69) is 4.90 Å². The van der Waals surface area contributed by atoms with Crippen molar-refractivity contribution in [1.29, 1.82) is 0 Å². The third-order valence-electron chi connectivity index (χ3n) is 5.66. The number of hydrogen-bond donors (Lipinski definition) is 0. The summed E-state index contributed by atoms with van der Waals surface area (Å²) in [4.78, 5) is 35.7. The first-order chi connectivity index (χ1) is 15.8. The first-order valence-electron chi connectivity index (χ1n) is 11.0. The Morgan fingerprint density at radius 1 is 1.30 bits per heavy atom. The monoisotopic (exact) mass is 488 g/mol. The summed E-state index contributed by atoms with van der Waals surface area (Å²) in [6.45, 7) is 8.19. The van der Waals surface area contributed by atoms with Crippen LogP contribution in [0.5, 0.6) is 0 Å². The molecule has 33 heavy (non-hydrogen) atoms. The second-order valence-electron chi connectivity index (χ2n) is 8.38. The van der Waals surface area contributed by atoms with E-state index in [1.54, 1.807) is 24.3 Å². The molecule has 2 aliphatic heterocycles. The van der Waals surface area contributed by atoms with E-state index >= 15 is 0 Å². The van der Waals surface area contributed by atoms with Crippen LogP contribution in [-0.2, 0) is 14.3 Å². The molecule has 0 bridgehead atoms. The van der Waals surface area contributed by atoms with Gasteiger partial charge in [0, 0.05) is 39.5 Å². The molecule has 10 heteroatoms. The van der Waals surface area contributed by atoms with Gasteiger partial charge in [-0.25, -0.2) is 4.98 Å². The molecule has 2 saturated heterocycles. The molecule has 8 nitrogen and oxygen atoms in total. The van der Waals surface area contributed by atoms with Gasteiger partial charge < -0.3 is 14.4 Å². The summed E-state index contributed by atoms with van der Waals surface area (Å²) in [7, 11) is 1.63. The molecule has 2 unspecified atom stereocenters. The van der Waals surface area contributed by atoms with Gasteiger partial charge in [0.2, 0.25) is 0 Å². The predicted octanol–water partition coefficient (Wildman–Crippen LogP) is 2.85. The first kappa shape index (κ1) is 23.9. The summed E-state index contributed by atoms with van der Waals surface area (Å²) >= 11 is 6.65. The molecule has 2 aromatic heterocycles. The molecule has 0 spiro atoms. The number of pyridine rings is 1. The zero-order chi connectivity index (χ0) is 23.7. The van der Waals surface area contributed by atoms with Gasteiger partial charge in [0.15, 0.2) is 0 Å². The number of rotatable bonds is 6. The number of fused-ring (bicyclic) bond motifs is 1. The summed E-state index contributed by atoms with van der Waals surface area (Å²) < 4.78 is 13.0. The van der Waals surface area contributed by atoms with E-state index in [1.165, 1.54) is 16.2 Å². The molecule has 0 N–H and O–H groups in total. The number of amides is 1. The summed E-state index contributed by atoms with van der Waals surface area (Å²) in [6, 6.07) is 3.75. The van der Waals surface area contributed by atoms with Gasteiger partial charge in [-0.3, -0.25) is 18.9 Å². The number of methoxy groups -OCH3 is 1. The fraction of sp³-hybridized carbons (Fsp3) is 0.478. The normalized spacial score (nSPS) is 22.7. The van der Waals surface area contributed by atoms with Crippen LogP contribution in [-0.4, -0.2) is 70.1 Å². The highest BCUT2D eigenvalue weighted by molar-refractivity contribution is 8.26. The minimum Gasteiger partial charge on any atom is -0.385 e. The first-order valence-corrected chi connectivity index (χ1v) is 12.2. The van der Waals surface area contributed by atoms with Gasteiger partial charge in [-0.2, -0.15) is 0 Å². The minimum absolute atomic E-state index is 0.00211. The molecule has 4 rings (SSSR count). The number of morpholine rings is 1. The molecule has 1 amide bonds. The average molecular weight is 489 g/mol. The zero-order valence-corrected chi connectivity index (χ0v) is 20.9. The number of aromatic nitrogens is 2. The van der Waals surface area contributed by atoms with Gasteiger partial charge in [-0.1, -0.05) is 30.0 Å². The Balaban J connectivity index is 1.81. The maximum atomic E-state index is 13.6. The van der Waals surface area contributed by atoms with E-state index in [-0.39, 0.29) is 23.7 Å². The lowest BCUT2D eigenvalue weighted by Crippen LogP contribution is -2.46. The van der Waals surface area contributed by atoms with E-state index in [0.29, 0.717) is 58.9 Å². The van der Waals surface area contributed by atoms with Gasteiger partial charge in [-0.15, -0.1) is 0 Å². The summed E-state index contributed by atoms with van der Waals surface area (Å²) in [6.07, 6.45) is 4.04. The Bertz CT molecular complexity index is 1170. The van der Waals surface area contributed by atoms with E-state index < -0.39 is 0 Å². The second kappa shape index (κ2) is 9.92. The number of thioether (sulfide) groups is 1. The lowest BCUT2D eigenvalue weighted by Gasteiger charge is -2.36. The lowest BCUT2D eigenvalue weighted by atomic mass is 10.1. The van der Waals surface area contributed by atoms with Crippen LogP contribution in [0.2, 0.25) is 0 Å². The van der Waals surface area contributed by atoms with E-state index in [9.17, 15) is 9.59 Å². The number of ether oxygens (including phenoxy) is 2. The highest BCUT2D eigenvalue weighted by Crippen LogP contribution is 2.34. The number of nitrogens with zero attached hydrogens (tertiary/aromatic N) is 4. The molecule has 2 atom stereocenters. The maximum Gasteiger partial charge on any atom is 0.267 e. The van der Waals surface area contributed by atoms with Crippen molar-refractivity contribution in [3.8, 4) is 0 Å². The number of aryl methyl sites for hydroxylation is 1. The molecule has 0 aliphatic carbocycles. The van der Waals surface area contributed by atoms with Crippen molar-refractivity contribution < 1.29 is 14.3 Å². The van der Waals surface area contributed by atoms with E-state index in [0.717, 1.165) is 5.56 Å². The van der Waals surface area contributed by atoms with Crippen LogP contribution in [0, 0.1) is 6.92 Å². The zero-order valence-electron chi connectivity index (χ0n) is 19.2. The molecule has 4 heterocycles. The maximum absolute atomic E-state index is 13.6. The highest BCUT2D eigenvalue weighted by atomic mass is 32.2. The fourth-order valence-electron chi connectivity index (χ4n) is 4.21. The fourth-order valence-corrected chi connectivity index (χ4v) is 5.50. The Morgan fingerprint density at radius 3 is 2.73 bits per heavy atom. The quantitative estimate of drug-likeness (QED) is 0.349. The van der Waals surface area contributed by atoms with Crippen molar-refractivity contribution in [2.75, 3.05) is 38.3 Å². The standard InChI is InChI=1S/C23H28N4O4S2/c1-14-7-5-8-26-19(14)24-20(25-12-15(2)31-16(3)13-25)17(21(26)28)11-18-22(29)27(23(32)33-18)9-6-10-30-4/h5,7-8,11,15-16H,6,9-10,12-13H2,1-4H3. The molecule has 0 saturated carbocycles. The summed E-state index contributed by atoms with van der Waals surface area (Å²) in [5.74, 6) is 0.380. The molecule has 2 aromatic rings. The van der Waals surface area contributed by atoms with Crippen molar-refractivity contribution in [2.24, 2.45) is 0 Å². The van der Waals surface area contributed by atoms with Crippen LogP contribution in [0.3, 0.4) is 0 Å². The Kier molecular flexibility index (Phi) is 7.18. The van der Waals surface area contributed by atoms with Crippen molar-refractivity contribution in [3.05, 3.63) is 44.7 Å². The summed E-state index contributed by atoms with van der Waals surface area (Å²) in [5, 5.41) is 0. The Labute approximate surface area is 202 Å². The third kappa shape index (κ3) is 4.84. The number of hydrogen-bond acceptors (Lipinski definition) is 8. The van der Waals surface area contributed by atoms with Gasteiger partial charge >= 0.3 is 0 Å². The van der Waals surface area contributed by atoms with Crippen LogP contribution in [0.25, 0.3) is 11.7 Å². The SMILES string of the molecule is COCCCN1C(=O)C(=Cc2c(N3CC(C)OC(C)C3)nc3c(C)cccn3c2=O)SC1=S. The van der Waals surface area contributed by atoms with E-state index in [4.69, 9.17) is 26.7 Å². The largest absolute Gasteiger partial charge is 0.385 e. The predicted molar refractivity (Wildman–Crippen MR) is 135 cm³/mol. The lowest BCUT2D eigenvalue weighted by molar-refractivity contribution is -0.122. The molecule has 2 aliphatic rings. The van der Waals surface area contributed by atoms with Crippen molar-refractivity contribution in [3.63, 3.8) is 0 Å². The topological polar surface area (TPSA) is 76.4 Å². The van der Waals surface area contributed by atoms with Crippen LogP contribution in [0.4, 0.5) is 5.82 Å². The average Bonchev–Trinajstić information content (AvgIpc) is 3.03. The molecule has 0 aromatic carbocycles. The number of carbonyl (C=O) groups is 1. The smallest absolute Gasteiger partial charge is 0.267 e. The van der Waals surface area contributed by atoms with Gasteiger partial charge in [0.25, 0.3) is 11.5 Å². The number of anilines is 1. The van der Waals surface area contributed by atoms with Crippen LogP contribution < -0.4 is 10.5 Å². The molecule has 176 valence electrons. The number of thiocarbonyl (C=S) groups is 1. The Morgan fingerprint density at radius 2 is 2.03 bits per heavy atom. The molecular formula is C23H28N4O4S2. The number of carbonyl (C=O) groups excluding carboxylic acids is 1.